The van der Waals surface area contributed by atoms with E-state index in [1.807, 2.05) is 6.07 Å². The lowest BCUT2D eigenvalue weighted by Crippen LogP contribution is -2.35. The summed E-state index contributed by atoms with van der Waals surface area (Å²) in [7, 11) is -3.86. The highest BCUT2D eigenvalue weighted by Crippen LogP contribution is 2.43. The van der Waals surface area contributed by atoms with Crippen molar-refractivity contribution in [1.82, 2.24) is 4.90 Å². The summed E-state index contributed by atoms with van der Waals surface area (Å²) in [5.41, 5.74) is 1.97. The number of nitrogens with zero attached hydrogens (tertiary/aromatic N) is 1. The first-order valence-electron chi connectivity index (χ1n) is 11.9. The standard InChI is InChI=1S/C27H23Cl3N2O5S/c28-18-3-1-4-20(13-18)38(35,36)24-12-16(15-32-9-10-37-27(32)34)11-17-7-8-19(14-21(17)24)31-26(33)25-22(29)5-2-6-23(25)30/h1-8,13-14,16,24H,9-12,15H2,(H,31,33). The SMILES string of the molecule is O=C(Nc1ccc2c(c1)C(S(=O)(=O)c1cccc(Cl)c1)CC(CN1CCOC1=O)C2)c1c(Cl)cccc1Cl. The van der Waals surface area contributed by atoms with E-state index in [0.29, 0.717) is 48.8 Å². The molecular weight excluding hydrogens is 571 g/mol. The van der Waals surface area contributed by atoms with E-state index in [2.05, 4.69) is 5.32 Å². The Kier molecular flexibility index (Phi) is 7.60. The van der Waals surface area contributed by atoms with Crippen molar-refractivity contribution in [3.05, 3.63) is 92.4 Å². The number of ether oxygens (including phenoxy) is 1. The zero-order valence-electron chi connectivity index (χ0n) is 20.0. The van der Waals surface area contributed by atoms with Gasteiger partial charge in [-0.15, -0.1) is 0 Å². The maximum Gasteiger partial charge on any atom is 0.409 e. The molecule has 1 aliphatic carbocycles. The van der Waals surface area contributed by atoms with Crippen LogP contribution < -0.4 is 5.32 Å². The molecule has 2 unspecified atom stereocenters. The summed E-state index contributed by atoms with van der Waals surface area (Å²) in [5.74, 6) is -0.606. The molecule has 7 nitrogen and oxygen atoms in total. The van der Waals surface area contributed by atoms with Gasteiger partial charge in [0.15, 0.2) is 9.84 Å². The molecule has 1 heterocycles. The minimum absolute atomic E-state index is 0.102. The van der Waals surface area contributed by atoms with Crippen molar-refractivity contribution in [2.75, 3.05) is 25.0 Å². The summed E-state index contributed by atoms with van der Waals surface area (Å²) < 4.78 is 32.9. The molecule has 0 saturated carbocycles. The van der Waals surface area contributed by atoms with Gasteiger partial charge in [-0.2, -0.15) is 0 Å². The molecule has 11 heteroatoms. The number of amides is 2. The third-order valence-electron chi connectivity index (χ3n) is 6.82. The highest BCUT2D eigenvalue weighted by molar-refractivity contribution is 7.91. The van der Waals surface area contributed by atoms with Crippen LogP contribution >= 0.6 is 34.8 Å². The average Bonchev–Trinajstić information content (AvgIpc) is 3.27. The fourth-order valence-electron chi connectivity index (χ4n) is 5.04. The molecular formula is C27H23Cl3N2O5S. The van der Waals surface area contributed by atoms with Crippen LogP contribution in [0.25, 0.3) is 0 Å². The number of fused-ring (bicyclic) bond motifs is 1. The van der Waals surface area contributed by atoms with Gasteiger partial charge >= 0.3 is 6.09 Å². The highest BCUT2D eigenvalue weighted by Gasteiger charge is 2.38. The van der Waals surface area contributed by atoms with E-state index in [4.69, 9.17) is 39.5 Å². The van der Waals surface area contributed by atoms with Crippen molar-refractivity contribution in [3.8, 4) is 0 Å². The number of sulfone groups is 1. The van der Waals surface area contributed by atoms with Gasteiger partial charge in [0.25, 0.3) is 5.91 Å². The second-order valence-electron chi connectivity index (χ2n) is 9.32. The second-order valence-corrected chi connectivity index (χ2v) is 12.7. The number of carbonyl (C=O) groups is 2. The fraction of sp³-hybridized carbons (Fsp3) is 0.259. The van der Waals surface area contributed by atoms with Crippen LogP contribution in [0.15, 0.2) is 65.6 Å². The molecule has 198 valence electrons. The Balaban J connectivity index is 1.51. The quantitative estimate of drug-likeness (QED) is 0.356. The topological polar surface area (TPSA) is 92.8 Å². The molecule has 5 rings (SSSR count). The summed E-state index contributed by atoms with van der Waals surface area (Å²) in [6, 6.07) is 16.2. The zero-order valence-corrected chi connectivity index (χ0v) is 23.1. The molecule has 0 spiro atoms. The van der Waals surface area contributed by atoms with Gasteiger partial charge < -0.3 is 15.0 Å². The number of hydrogen-bond donors (Lipinski definition) is 1. The van der Waals surface area contributed by atoms with E-state index < -0.39 is 21.0 Å². The van der Waals surface area contributed by atoms with Gasteiger partial charge in [-0.05, 0) is 72.4 Å². The maximum absolute atomic E-state index is 13.9. The van der Waals surface area contributed by atoms with Crippen LogP contribution in [0, 0.1) is 5.92 Å². The first-order valence-corrected chi connectivity index (χ1v) is 14.6. The molecule has 3 aromatic rings. The van der Waals surface area contributed by atoms with E-state index in [1.165, 1.54) is 12.1 Å². The highest BCUT2D eigenvalue weighted by atomic mass is 35.5. The number of anilines is 1. The summed E-state index contributed by atoms with van der Waals surface area (Å²) in [6.07, 6.45) is 0.478. The minimum Gasteiger partial charge on any atom is -0.448 e. The number of nitrogens with one attached hydrogen (secondary N) is 1. The summed E-state index contributed by atoms with van der Waals surface area (Å²) in [4.78, 5) is 26.8. The first-order chi connectivity index (χ1) is 18.1. The Morgan fingerprint density at radius 3 is 2.45 bits per heavy atom. The Hall–Kier alpha value is -2.78. The normalized spacial score (nSPS) is 19.1. The summed E-state index contributed by atoms with van der Waals surface area (Å²) >= 11 is 18.5. The number of cyclic esters (lactones) is 1. The van der Waals surface area contributed by atoms with Crippen LogP contribution in [-0.2, 0) is 21.0 Å². The van der Waals surface area contributed by atoms with E-state index in [9.17, 15) is 18.0 Å². The Morgan fingerprint density at radius 2 is 1.76 bits per heavy atom. The molecule has 1 aliphatic heterocycles. The Bertz CT molecular complexity index is 1510. The predicted molar refractivity (Wildman–Crippen MR) is 147 cm³/mol. The van der Waals surface area contributed by atoms with Crippen LogP contribution in [0.2, 0.25) is 15.1 Å². The largest absolute Gasteiger partial charge is 0.448 e. The third kappa shape index (κ3) is 5.36. The van der Waals surface area contributed by atoms with Gasteiger partial charge in [0.1, 0.15) is 6.61 Å². The van der Waals surface area contributed by atoms with Crippen molar-refractivity contribution in [1.29, 1.82) is 0 Å². The van der Waals surface area contributed by atoms with Crippen LogP contribution in [0.5, 0.6) is 0 Å². The molecule has 0 aromatic heterocycles. The van der Waals surface area contributed by atoms with Gasteiger partial charge in [-0.25, -0.2) is 13.2 Å². The van der Waals surface area contributed by atoms with Gasteiger partial charge in [-0.3, -0.25) is 4.79 Å². The lowest BCUT2D eigenvalue weighted by molar-refractivity contribution is 0.102. The Morgan fingerprint density at radius 1 is 1.03 bits per heavy atom. The summed E-state index contributed by atoms with van der Waals surface area (Å²) in [5, 5.41) is 2.61. The van der Waals surface area contributed by atoms with Crippen LogP contribution in [0.1, 0.15) is 33.2 Å². The maximum atomic E-state index is 13.9. The molecule has 38 heavy (non-hydrogen) atoms. The van der Waals surface area contributed by atoms with Crippen molar-refractivity contribution >= 4 is 62.3 Å². The van der Waals surface area contributed by atoms with Gasteiger partial charge in [0.05, 0.1) is 32.3 Å². The van der Waals surface area contributed by atoms with Crippen LogP contribution in [-0.4, -0.2) is 45.0 Å². The fourth-order valence-corrected chi connectivity index (χ4v) is 7.83. The second kappa shape index (κ2) is 10.8. The van der Waals surface area contributed by atoms with Crippen LogP contribution in [0.3, 0.4) is 0 Å². The number of rotatable bonds is 6. The van der Waals surface area contributed by atoms with Crippen molar-refractivity contribution in [3.63, 3.8) is 0 Å². The van der Waals surface area contributed by atoms with Crippen molar-refractivity contribution < 1.29 is 22.7 Å². The lowest BCUT2D eigenvalue weighted by atomic mass is 9.83. The number of halogens is 3. The number of benzene rings is 3. The first kappa shape index (κ1) is 26.8. The molecule has 0 radical (unpaired) electrons. The Labute approximate surface area is 235 Å². The molecule has 0 bridgehead atoms. The van der Waals surface area contributed by atoms with Crippen molar-refractivity contribution in [2.45, 2.75) is 23.0 Å². The predicted octanol–water partition coefficient (Wildman–Crippen LogP) is 6.43. The smallest absolute Gasteiger partial charge is 0.409 e. The summed E-state index contributed by atoms with van der Waals surface area (Å²) in [6.45, 7) is 1.19. The molecule has 2 atom stereocenters. The number of carbonyl (C=O) groups excluding carboxylic acids is 2. The monoisotopic (exact) mass is 592 g/mol. The average molecular weight is 594 g/mol. The molecule has 2 aliphatic rings. The minimum atomic E-state index is -3.86. The molecule has 1 saturated heterocycles. The van der Waals surface area contributed by atoms with E-state index in [1.54, 1.807) is 47.4 Å². The van der Waals surface area contributed by atoms with E-state index >= 15 is 0 Å². The van der Waals surface area contributed by atoms with Gasteiger partial charge in [-0.1, -0.05) is 53.0 Å². The zero-order chi connectivity index (χ0) is 27.0. The third-order valence-corrected chi connectivity index (χ3v) is 9.79. The van der Waals surface area contributed by atoms with Crippen molar-refractivity contribution in [2.24, 2.45) is 5.92 Å². The van der Waals surface area contributed by atoms with E-state index in [0.717, 1.165) is 5.56 Å². The van der Waals surface area contributed by atoms with Gasteiger partial charge in [0.2, 0.25) is 0 Å². The van der Waals surface area contributed by atoms with E-state index in [-0.39, 0.29) is 32.5 Å². The molecule has 1 N–H and O–H groups in total. The molecule has 1 fully saturated rings. The van der Waals surface area contributed by atoms with Crippen LogP contribution in [0.4, 0.5) is 10.5 Å². The van der Waals surface area contributed by atoms with Gasteiger partial charge in [0, 0.05) is 17.3 Å². The number of hydrogen-bond acceptors (Lipinski definition) is 5. The molecule has 3 aromatic carbocycles. The lowest BCUT2D eigenvalue weighted by Gasteiger charge is -2.33. The molecule has 2 amide bonds.